The number of aromatic nitrogens is 1. The van der Waals surface area contributed by atoms with Crippen LogP contribution in [0, 0.1) is 30.9 Å². The minimum atomic E-state index is -4.07. The average Bonchev–Trinajstić information content (AvgIpc) is 2.85. The van der Waals surface area contributed by atoms with Crippen LogP contribution in [0.25, 0.3) is 0 Å². The number of benzene rings is 1. The normalized spacial score (nSPS) is 11.6. The first-order valence-corrected chi connectivity index (χ1v) is 7.86. The number of rotatable bonds is 5. The molecule has 0 unspecified atom stereocenters. The Morgan fingerprint density at radius 2 is 2.00 bits per heavy atom. The van der Waals surface area contributed by atoms with E-state index in [4.69, 9.17) is 4.42 Å². The summed E-state index contributed by atoms with van der Waals surface area (Å²) in [6.45, 7) is 4.73. The molecule has 1 aromatic carbocycles. The molecule has 0 spiro atoms. The predicted octanol–water partition coefficient (Wildman–Crippen LogP) is 1.99. The number of hydrogen-bond acceptors (Lipinski definition) is 6. The Morgan fingerprint density at radius 1 is 1.32 bits per heavy atom. The van der Waals surface area contributed by atoms with Gasteiger partial charge in [0, 0.05) is 6.07 Å². The van der Waals surface area contributed by atoms with E-state index in [2.05, 4.69) is 9.71 Å². The molecule has 0 atom stereocenters. The van der Waals surface area contributed by atoms with E-state index in [1.54, 1.807) is 13.8 Å². The van der Waals surface area contributed by atoms with Gasteiger partial charge in [-0.1, -0.05) is 6.07 Å². The lowest BCUT2D eigenvalue weighted by atomic mass is 10.1. The van der Waals surface area contributed by atoms with Crippen LogP contribution >= 0.6 is 0 Å². The Bertz CT molecular complexity index is 826. The third-order valence-corrected chi connectivity index (χ3v) is 4.78. The van der Waals surface area contributed by atoms with Crippen LogP contribution in [0.2, 0.25) is 0 Å². The maximum atomic E-state index is 12.4. The molecule has 0 aliphatic carbocycles. The van der Waals surface area contributed by atoms with Crippen molar-refractivity contribution in [3.05, 3.63) is 51.2 Å². The van der Waals surface area contributed by atoms with Gasteiger partial charge in [-0.25, -0.2) is 18.1 Å². The number of nitrogens with one attached hydrogen (secondary N) is 1. The summed E-state index contributed by atoms with van der Waals surface area (Å²) in [5.74, 6) is 0.737. The van der Waals surface area contributed by atoms with E-state index < -0.39 is 20.6 Å². The molecule has 0 bridgehead atoms. The molecule has 1 heterocycles. The Labute approximate surface area is 127 Å². The molecule has 8 nitrogen and oxygen atoms in total. The van der Waals surface area contributed by atoms with E-state index in [0.29, 0.717) is 16.9 Å². The van der Waals surface area contributed by atoms with Crippen molar-refractivity contribution in [3.8, 4) is 0 Å². The maximum Gasteiger partial charge on any atom is 0.289 e. The summed E-state index contributed by atoms with van der Waals surface area (Å²) in [7, 11) is -4.07. The summed E-state index contributed by atoms with van der Waals surface area (Å²) in [5, 5.41) is 11.1. The summed E-state index contributed by atoms with van der Waals surface area (Å²) in [6.07, 6.45) is 1.46. The van der Waals surface area contributed by atoms with Gasteiger partial charge in [0.25, 0.3) is 5.69 Å². The Hall–Kier alpha value is -2.26. The van der Waals surface area contributed by atoms with E-state index in [1.807, 2.05) is 0 Å². The molecule has 0 fully saturated rings. The van der Waals surface area contributed by atoms with Crippen molar-refractivity contribution < 1.29 is 17.8 Å². The zero-order chi connectivity index (χ0) is 16.5. The third kappa shape index (κ3) is 3.15. The van der Waals surface area contributed by atoms with Gasteiger partial charge in [0.15, 0.2) is 4.90 Å². The highest BCUT2D eigenvalue weighted by Crippen LogP contribution is 2.29. The fraction of sp³-hybridized carbons (Fsp3) is 0.308. The average molecular weight is 325 g/mol. The standard InChI is InChI=1S/C13H15N3O5S/c1-8-4-5-11(16(17)18)13(10(8)3)22(19,20)15-7-12-14-6-9(2)21-12/h4-6,15H,7H2,1-3H3. The topological polar surface area (TPSA) is 115 Å². The van der Waals surface area contributed by atoms with Crippen molar-refractivity contribution in [2.45, 2.75) is 32.2 Å². The molecule has 2 aromatic rings. The van der Waals surface area contributed by atoms with Crippen molar-refractivity contribution in [2.75, 3.05) is 0 Å². The number of nitro groups is 1. The summed E-state index contributed by atoms with van der Waals surface area (Å²) in [6, 6.07) is 2.70. The van der Waals surface area contributed by atoms with Gasteiger partial charge in [0.2, 0.25) is 15.9 Å². The van der Waals surface area contributed by atoms with E-state index in [-0.39, 0.29) is 17.3 Å². The lowest BCUT2D eigenvalue weighted by molar-refractivity contribution is -0.387. The number of sulfonamides is 1. The fourth-order valence-corrected chi connectivity index (χ4v) is 3.41. The van der Waals surface area contributed by atoms with Crippen molar-refractivity contribution in [1.82, 2.24) is 9.71 Å². The number of aryl methyl sites for hydroxylation is 2. The molecule has 0 saturated heterocycles. The molecule has 0 aliphatic rings. The van der Waals surface area contributed by atoms with E-state index in [0.717, 1.165) is 0 Å². The first kappa shape index (κ1) is 16.1. The van der Waals surface area contributed by atoms with Gasteiger partial charge in [-0.15, -0.1) is 0 Å². The first-order chi connectivity index (χ1) is 10.2. The van der Waals surface area contributed by atoms with Crippen LogP contribution in [0.1, 0.15) is 22.8 Å². The van der Waals surface area contributed by atoms with Crippen LogP contribution in [0.5, 0.6) is 0 Å². The number of nitrogens with zero attached hydrogens (tertiary/aromatic N) is 2. The zero-order valence-electron chi connectivity index (χ0n) is 12.3. The highest BCUT2D eigenvalue weighted by molar-refractivity contribution is 7.89. The Balaban J connectivity index is 2.40. The largest absolute Gasteiger partial charge is 0.445 e. The maximum absolute atomic E-state index is 12.4. The second-order valence-corrected chi connectivity index (χ2v) is 6.51. The predicted molar refractivity (Wildman–Crippen MR) is 77.8 cm³/mol. The second-order valence-electron chi connectivity index (χ2n) is 4.80. The SMILES string of the molecule is Cc1cnc(CNS(=O)(=O)c2c([N+](=O)[O-])ccc(C)c2C)o1. The van der Waals surface area contributed by atoms with Gasteiger partial charge in [-0.05, 0) is 31.9 Å². The minimum absolute atomic E-state index is 0.180. The number of oxazole rings is 1. The minimum Gasteiger partial charge on any atom is -0.445 e. The first-order valence-electron chi connectivity index (χ1n) is 6.38. The summed E-state index contributed by atoms with van der Waals surface area (Å²) in [5.41, 5.74) is 0.530. The van der Waals surface area contributed by atoms with Crippen molar-refractivity contribution in [1.29, 1.82) is 0 Å². The molecule has 22 heavy (non-hydrogen) atoms. The zero-order valence-corrected chi connectivity index (χ0v) is 13.1. The highest BCUT2D eigenvalue weighted by Gasteiger charge is 2.29. The molecule has 0 saturated carbocycles. The van der Waals surface area contributed by atoms with E-state index >= 15 is 0 Å². The van der Waals surface area contributed by atoms with Gasteiger partial charge in [0.1, 0.15) is 5.76 Å². The lowest BCUT2D eigenvalue weighted by Gasteiger charge is -2.10. The van der Waals surface area contributed by atoms with Crippen molar-refractivity contribution in [2.24, 2.45) is 0 Å². The molecule has 0 radical (unpaired) electrons. The van der Waals surface area contributed by atoms with Crippen LogP contribution in [-0.4, -0.2) is 18.3 Å². The molecule has 0 aliphatic heterocycles. The van der Waals surface area contributed by atoms with Crippen molar-refractivity contribution in [3.63, 3.8) is 0 Å². The van der Waals surface area contributed by atoms with E-state index in [1.165, 1.54) is 25.3 Å². The highest BCUT2D eigenvalue weighted by atomic mass is 32.2. The van der Waals surface area contributed by atoms with Crippen LogP contribution < -0.4 is 4.72 Å². The molecule has 2 rings (SSSR count). The van der Waals surface area contributed by atoms with Crippen LogP contribution in [-0.2, 0) is 16.6 Å². The molecule has 0 amide bonds. The van der Waals surface area contributed by atoms with Crippen LogP contribution in [0.15, 0.2) is 27.6 Å². The van der Waals surface area contributed by atoms with Crippen LogP contribution in [0.4, 0.5) is 5.69 Å². The van der Waals surface area contributed by atoms with Gasteiger partial charge >= 0.3 is 0 Å². The van der Waals surface area contributed by atoms with Gasteiger partial charge in [-0.3, -0.25) is 10.1 Å². The molecule has 1 N–H and O–H groups in total. The Morgan fingerprint density at radius 3 is 2.55 bits per heavy atom. The van der Waals surface area contributed by atoms with Gasteiger partial charge < -0.3 is 4.42 Å². The number of nitro benzene ring substituents is 1. The summed E-state index contributed by atoms with van der Waals surface area (Å²) < 4.78 is 32.3. The monoisotopic (exact) mass is 325 g/mol. The van der Waals surface area contributed by atoms with Gasteiger partial charge in [0.05, 0.1) is 17.7 Å². The summed E-state index contributed by atoms with van der Waals surface area (Å²) >= 11 is 0. The number of hydrogen-bond donors (Lipinski definition) is 1. The van der Waals surface area contributed by atoms with E-state index in [9.17, 15) is 18.5 Å². The molecule has 9 heteroatoms. The Kier molecular flexibility index (Phi) is 4.29. The third-order valence-electron chi connectivity index (χ3n) is 3.20. The van der Waals surface area contributed by atoms with Crippen LogP contribution in [0.3, 0.4) is 0 Å². The molecular weight excluding hydrogens is 310 g/mol. The lowest BCUT2D eigenvalue weighted by Crippen LogP contribution is -2.25. The van der Waals surface area contributed by atoms with Crippen molar-refractivity contribution >= 4 is 15.7 Å². The fourth-order valence-electron chi connectivity index (χ4n) is 1.97. The molecule has 118 valence electrons. The quantitative estimate of drug-likeness (QED) is 0.664. The second kappa shape index (κ2) is 5.85. The summed E-state index contributed by atoms with van der Waals surface area (Å²) in [4.78, 5) is 13.9. The molecule has 1 aromatic heterocycles. The van der Waals surface area contributed by atoms with Gasteiger partial charge in [-0.2, -0.15) is 0 Å². The smallest absolute Gasteiger partial charge is 0.289 e. The molecular formula is C13H15N3O5S.